The second kappa shape index (κ2) is 4.28. The van der Waals surface area contributed by atoms with Crippen molar-refractivity contribution in [2.24, 2.45) is 5.73 Å². The van der Waals surface area contributed by atoms with Crippen LogP contribution in [0.25, 0.3) is 0 Å². The number of rotatable bonds is 3. The summed E-state index contributed by atoms with van der Waals surface area (Å²) in [5, 5.41) is 3.33. The first kappa shape index (κ1) is 10.1. The van der Waals surface area contributed by atoms with Crippen molar-refractivity contribution in [1.82, 2.24) is 0 Å². The number of benzene rings is 1. The highest BCUT2D eigenvalue weighted by molar-refractivity contribution is 5.52. The zero-order chi connectivity index (χ0) is 9.84. The van der Waals surface area contributed by atoms with Gasteiger partial charge in [0.25, 0.3) is 0 Å². The lowest BCUT2D eigenvalue weighted by molar-refractivity contribution is 0.779. The zero-order valence-electron chi connectivity index (χ0n) is 8.59. The van der Waals surface area contributed by atoms with Gasteiger partial charge in [-0.25, -0.2) is 0 Å². The van der Waals surface area contributed by atoms with Gasteiger partial charge in [-0.05, 0) is 38.0 Å². The molecule has 0 aliphatic heterocycles. The summed E-state index contributed by atoms with van der Waals surface area (Å²) in [5.41, 5.74) is 9.40. The van der Waals surface area contributed by atoms with Gasteiger partial charge in [-0.15, -0.1) is 0 Å². The standard InChI is InChI=1S/C11H18N2/c1-8-4-5-9(2)11(6-8)13-7-10(3)12/h4-6,10,13H,7,12H2,1-3H3. The molecule has 2 heteroatoms. The quantitative estimate of drug-likeness (QED) is 0.743. The molecule has 2 nitrogen and oxygen atoms in total. The van der Waals surface area contributed by atoms with E-state index in [0.717, 1.165) is 6.54 Å². The molecule has 0 radical (unpaired) electrons. The van der Waals surface area contributed by atoms with Crippen molar-refractivity contribution in [3.05, 3.63) is 29.3 Å². The van der Waals surface area contributed by atoms with Crippen molar-refractivity contribution in [1.29, 1.82) is 0 Å². The Kier molecular flexibility index (Phi) is 3.32. The molecule has 1 aromatic rings. The molecule has 0 amide bonds. The van der Waals surface area contributed by atoms with E-state index in [4.69, 9.17) is 5.73 Å². The average molecular weight is 178 g/mol. The highest BCUT2D eigenvalue weighted by Crippen LogP contribution is 2.15. The zero-order valence-corrected chi connectivity index (χ0v) is 8.59. The van der Waals surface area contributed by atoms with E-state index in [9.17, 15) is 0 Å². The maximum atomic E-state index is 5.67. The summed E-state index contributed by atoms with van der Waals surface area (Å²) in [4.78, 5) is 0. The summed E-state index contributed by atoms with van der Waals surface area (Å²) in [6.45, 7) is 7.02. The smallest absolute Gasteiger partial charge is 0.0373 e. The fraction of sp³-hybridized carbons (Fsp3) is 0.455. The molecule has 1 unspecified atom stereocenters. The van der Waals surface area contributed by atoms with E-state index in [2.05, 4.69) is 37.4 Å². The monoisotopic (exact) mass is 178 g/mol. The normalized spacial score (nSPS) is 12.6. The summed E-state index contributed by atoms with van der Waals surface area (Å²) in [7, 11) is 0. The molecule has 72 valence electrons. The SMILES string of the molecule is Cc1ccc(C)c(NCC(C)N)c1. The predicted molar refractivity (Wildman–Crippen MR) is 58.1 cm³/mol. The highest BCUT2D eigenvalue weighted by Gasteiger charge is 1.98. The van der Waals surface area contributed by atoms with Gasteiger partial charge >= 0.3 is 0 Å². The van der Waals surface area contributed by atoms with E-state index in [1.54, 1.807) is 0 Å². The van der Waals surface area contributed by atoms with Gasteiger partial charge in [0.2, 0.25) is 0 Å². The van der Waals surface area contributed by atoms with E-state index in [-0.39, 0.29) is 6.04 Å². The Bertz CT molecular complexity index is 279. The van der Waals surface area contributed by atoms with Crippen LogP contribution in [0.1, 0.15) is 18.1 Å². The second-order valence-electron chi connectivity index (χ2n) is 3.68. The maximum Gasteiger partial charge on any atom is 0.0373 e. The molecular formula is C11H18N2. The fourth-order valence-corrected chi connectivity index (χ4v) is 1.20. The maximum absolute atomic E-state index is 5.67. The summed E-state index contributed by atoms with van der Waals surface area (Å²) in [6.07, 6.45) is 0. The summed E-state index contributed by atoms with van der Waals surface area (Å²) < 4.78 is 0. The van der Waals surface area contributed by atoms with Gasteiger partial charge in [-0.3, -0.25) is 0 Å². The Morgan fingerprint density at radius 3 is 2.69 bits per heavy atom. The van der Waals surface area contributed by atoms with E-state index < -0.39 is 0 Å². The van der Waals surface area contributed by atoms with Crippen molar-refractivity contribution in [2.45, 2.75) is 26.8 Å². The number of hydrogen-bond donors (Lipinski definition) is 2. The van der Waals surface area contributed by atoms with Crippen LogP contribution in [-0.4, -0.2) is 12.6 Å². The summed E-state index contributed by atoms with van der Waals surface area (Å²) in [5.74, 6) is 0. The van der Waals surface area contributed by atoms with Crippen molar-refractivity contribution in [3.8, 4) is 0 Å². The lowest BCUT2D eigenvalue weighted by atomic mass is 10.1. The number of aryl methyl sites for hydroxylation is 2. The highest BCUT2D eigenvalue weighted by atomic mass is 14.9. The topological polar surface area (TPSA) is 38.0 Å². The van der Waals surface area contributed by atoms with Crippen LogP contribution >= 0.6 is 0 Å². The van der Waals surface area contributed by atoms with Crippen LogP contribution in [0.15, 0.2) is 18.2 Å². The van der Waals surface area contributed by atoms with Crippen LogP contribution in [0, 0.1) is 13.8 Å². The molecule has 0 aliphatic rings. The van der Waals surface area contributed by atoms with E-state index in [0.29, 0.717) is 0 Å². The van der Waals surface area contributed by atoms with Crippen LogP contribution in [0.4, 0.5) is 5.69 Å². The minimum Gasteiger partial charge on any atom is -0.383 e. The van der Waals surface area contributed by atoms with Crippen LogP contribution < -0.4 is 11.1 Å². The van der Waals surface area contributed by atoms with Crippen LogP contribution in [0.3, 0.4) is 0 Å². The summed E-state index contributed by atoms with van der Waals surface area (Å²) in [6, 6.07) is 6.59. The Labute approximate surface area is 80.1 Å². The molecule has 0 saturated carbocycles. The Morgan fingerprint density at radius 2 is 2.08 bits per heavy atom. The van der Waals surface area contributed by atoms with Crippen LogP contribution in [0.2, 0.25) is 0 Å². The Balaban J connectivity index is 2.70. The molecule has 0 spiro atoms. The van der Waals surface area contributed by atoms with Gasteiger partial charge in [-0.2, -0.15) is 0 Å². The van der Waals surface area contributed by atoms with E-state index >= 15 is 0 Å². The largest absolute Gasteiger partial charge is 0.383 e. The molecule has 0 aromatic heterocycles. The first-order chi connectivity index (χ1) is 6.09. The number of anilines is 1. The lowest BCUT2D eigenvalue weighted by Crippen LogP contribution is -2.25. The lowest BCUT2D eigenvalue weighted by Gasteiger charge is -2.12. The minimum absolute atomic E-state index is 0.194. The molecule has 1 rings (SSSR count). The Hall–Kier alpha value is -1.02. The molecule has 0 heterocycles. The first-order valence-electron chi connectivity index (χ1n) is 4.66. The van der Waals surface area contributed by atoms with Gasteiger partial charge in [0.15, 0.2) is 0 Å². The molecule has 0 aliphatic carbocycles. The molecule has 0 bridgehead atoms. The predicted octanol–water partition coefficient (Wildman–Crippen LogP) is 2.06. The van der Waals surface area contributed by atoms with E-state index in [1.807, 2.05) is 6.92 Å². The average Bonchev–Trinajstić information content (AvgIpc) is 2.06. The third-order valence-electron chi connectivity index (χ3n) is 2.01. The van der Waals surface area contributed by atoms with Gasteiger partial charge in [-0.1, -0.05) is 12.1 Å². The van der Waals surface area contributed by atoms with Crippen molar-refractivity contribution in [3.63, 3.8) is 0 Å². The molecule has 1 aromatic carbocycles. The summed E-state index contributed by atoms with van der Waals surface area (Å²) >= 11 is 0. The van der Waals surface area contributed by atoms with Gasteiger partial charge < -0.3 is 11.1 Å². The number of hydrogen-bond acceptors (Lipinski definition) is 2. The van der Waals surface area contributed by atoms with Crippen molar-refractivity contribution in [2.75, 3.05) is 11.9 Å². The molecule has 3 N–H and O–H groups in total. The van der Waals surface area contributed by atoms with Crippen LogP contribution in [0.5, 0.6) is 0 Å². The molecule has 1 atom stereocenters. The number of nitrogens with two attached hydrogens (primary N) is 1. The van der Waals surface area contributed by atoms with Gasteiger partial charge in [0.05, 0.1) is 0 Å². The van der Waals surface area contributed by atoms with Gasteiger partial charge in [0.1, 0.15) is 0 Å². The molecule has 13 heavy (non-hydrogen) atoms. The molecule has 0 saturated heterocycles. The minimum atomic E-state index is 0.194. The van der Waals surface area contributed by atoms with Crippen LogP contribution in [-0.2, 0) is 0 Å². The fourth-order valence-electron chi connectivity index (χ4n) is 1.20. The third kappa shape index (κ3) is 3.07. The number of nitrogens with one attached hydrogen (secondary N) is 1. The van der Waals surface area contributed by atoms with E-state index in [1.165, 1.54) is 16.8 Å². The van der Waals surface area contributed by atoms with Crippen molar-refractivity contribution < 1.29 is 0 Å². The Morgan fingerprint density at radius 1 is 1.38 bits per heavy atom. The van der Waals surface area contributed by atoms with Gasteiger partial charge in [0, 0.05) is 18.3 Å². The molecule has 0 fully saturated rings. The van der Waals surface area contributed by atoms with Crippen molar-refractivity contribution >= 4 is 5.69 Å². The first-order valence-corrected chi connectivity index (χ1v) is 4.66. The molecular weight excluding hydrogens is 160 g/mol. The second-order valence-corrected chi connectivity index (χ2v) is 3.68. The third-order valence-corrected chi connectivity index (χ3v) is 2.01.